The average molecular weight is 491 g/mol. The number of nitrogens with zero attached hydrogens (tertiary/aromatic N) is 3. The first-order valence-corrected chi connectivity index (χ1v) is 9.90. The summed E-state index contributed by atoms with van der Waals surface area (Å²) in [6.45, 7) is 1.12. The van der Waals surface area contributed by atoms with E-state index in [1.54, 1.807) is 13.0 Å². The number of ether oxygens (including phenoxy) is 1. The van der Waals surface area contributed by atoms with Gasteiger partial charge in [-0.25, -0.2) is 9.78 Å². The van der Waals surface area contributed by atoms with Crippen LogP contribution in [0.15, 0.2) is 42.2 Å². The fraction of sp³-hybridized carbons (Fsp3) is 0.208. The molecule has 0 N–H and O–H groups in total. The Kier molecular flexibility index (Phi) is 6.92. The fourth-order valence-electron chi connectivity index (χ4n) is 3.41. The smallest absolute Gasteiger partial charge is 0.416 e. The zero-order valence-electron chi connectivity index (χ0n) is 18.0. The summed E-state index contributed by atoms with van der Waals surface area (Å²) in [5, 5.41) is 9.63. The van der Waals surface area contributed by atoms with Crippen molar-refractivity contribution in [2.75, 3.05) is 6.61 Å². The third kappa shape index (κ3) is 5.46. The second-order valence-corrected chi connectivity index (χ2v) is 7.22. The Balaban J connectivity index is 2.21. The van der Waals surface area contributed by atoms with Crippen molar-refractivity contribution in [2.24, 2.45) is 0 Å². The van der Waals surface area contributed by atoms with Gasteiger partial charge in [-0.15, -0.1) is 6.42 Å². The number of terminal acetylenes is 1. The summed E-state index contributed by atoms with van der Waals surface area (Å²) in [4.78, 5) is 16.2. The lowest BCUT2D eigenvalue weighted by atomic mass is 10.0. The molecule has 3 rings (SSSR count). The van der Waals surface area contributed by atoms with Crippen molar-refractivity contribution < 1.29 is 35.9 Å². The minimum Gasteiger partial charge on any atom is -0.462 e. The number of benzene rings is 1. The third-order valence-electron chi connectivity index (χ3n) is 4.86. The molecule has 0 aliphatic rings. The van der Waals surface area contributed by atoms with Crippen LogP contribution in [0, 0.1) is 23.7 Å². The van der Waals surface area contributed by atoms with Crippen LogP contribution in [0.1, 0.15) is 34.7 Å². The molecule has 180 valence electrons. The molecule has 0 fully saturated rings. The maximum atomic E-state index is 13.3. The normalized spacial score (nSPS) is 12.3. The van der Waals surface area contributed by atoms with Crippen LogP contribution < -0.4 is 0 Å². The quantitative estimate of drug-likeness (QED) is 0.154. The fourth-order valence-corrected chi connectivity index (χ4v) is 3.41. The van der Waals surface area contributed by atoms with Crippen LogP contribution >= 0.6 is 0 Å². The molecule has 0 saturated carbocycles. The van der Waals surface area contributed by atoms with Gasteiger partial charge in [0, 0.05) is 35.5 Å². The van der Waals surface area contributed by atoms with E-state index in [-0.39, 0.29) is 40.4 Å². The third-order valence-corrected chi connectivity index (χ3v) is 4.86. The molecule has 0 aliphatic heterocycles. The Labute approximate surface area is 195 Å². The topological polar surface area (TPSA) is 67.9 Å². The van der Waals surface area contributed by atoms with Crippen molar-refractivity contribution in [1.29, 1.82) is 5.26 Å². The van der Waals surface area contributed by atoms with Gasteiger partial charge in [0.1, 0.15) is 17.3 Å². The highest BCUT2D eigenvalue weighted by atomic mass is 19.4. The number of pyridine rings is 1. The number of halogens is 6. The number of carbonyl (C=O) groups is 1. The second-order valence-electron chi connectivity index (χ2n) is 7.22. The van der Waals surface area contributed by atoms with E-state index in [0.717, 1.165) is 0 Å². The van der Waals surface area contributed by atoms with Crippen molar-refractivity contribution in [3.63, 3.8) is 0 Å². The maximum absolute atomic E-state index is 13.3. The van der Waals surface area contributed by atoms with Crippen molar-refractivity contribution in [2.45, 2.75) is 25.8 Å². The Morgan fingerprint density at radius 3 is 2.31 bits per heavy atom. The zero-order valence-corrected chi connectivity index (χ0v) is 18.0. The molecule has 0 atom stereocenters. The van der Waals surface area contributed by atoms with Crippen molar-refractivity contribution in [1.82, 2.24) is 9.55 Å². The van der Waals surface area contributed by atoms with Crippen LogP contribution in [0.2, 0.25) is 0 Å². The van der Waals surface area contributed by atoms with Crippen molar-refractivity contribution in [3.05, 3.63) is 70.0 Å². The van der Waals surface area contributed by atoms with Crippen LogP contribution in [-0.4, -0.2) is 22.1 Å². The molecular weight excluding hydrogens is 476 g/mol. The van der Waals surface area contributed by atoms with Crippen LogP contribution in [0.3, 0.4) is 0 Å². The van der Waals surface area contributed by atoms with Gasteiger partial charge >= 0.3 is 18.3 Å². The minimum atomic E-state index is -5.00. The summed E-state index contributed by atoms with van der Waals surface area (Å²) >= 11 is 0. The molecule has 2 heterocycles. The van der Waals surface area contributed by atoms with Crippen LogP contribution in [0.25, 0.3) is 17.1 Å². The molecule has 0 radical (unpaired) electrons. The van der Waals surface area contributed by atoms with Gasteiger partial charge in [-0.2, -0.15) is 31.6 Å². The van der Waals surface area contributed by atoms with E-state index in [1.165, 1.54) is 29.1 Å². The lowest BCUT2D eigenvalue weighted by Gasteiger charge is -2.15. The van der Waals surface area contributed by atoms with Gasteiger partial charge in [0.25, 0.3) is 0 Å². The van der Waals surface area contributed by atoms with Crippen LogP contribution in [-0.2, 0) is 28.4 Å². The summed E-state index contributed by atoms with van der Waals surface area (Å²) in [5.41, 5.74) is -2.93. The average Bonchev–Trinajstić information content (AvgIpc) is 3.13. The lowest BCUT2D eigenvalue weighted by molar-refractivity contribution is -0.143. The first-order chi connectivity index (χ1) is 16.4. The molecule has 5 nitrogen and oxygen atoms in total. The zero-order chi connectivity index (χ0) is 26.0. The second kappa shape index (κ2) is 9.55. The number of hydrogen-bond acceptors (Lipinski definition) is 4. The molecule has 0 bridgehead atoms. The number of alkyl halides is 6. The summed E-state index contributed by atoms with van der Waals surface area (Å²) in [6.07, 6.45) is -0.630. The van der Waals surface area contributed by atoms with E-state index in [2.05, 4.69) is 10.9 Å². The molecule has 0 unspecified atom stereocenters. The number of esters is 1. The summed E-state index contributed by atoms with van der Waals surface area (Å²) in [7, 11) is 0. The van der Waals surface area contributed by atoms with Gasteiger partial charge in [-0.05, 0) is 42.8 Å². The molecular formula is C24H15F6N3O2. The molecule has 2 aromatic heterocycles. The van der Waals surface area contributed by atoms with Gasteiger partial charge in [-0.1, -0.05) is 5.92 Å². The first kappa shape index (κ1) is 25.4. The number of nitriles is 1. The summed E-state index contributed by atoms with van der Waals surface area (Å²) in [5.74, 6) is 1.50. The van der Waals surface area contributed by atoms with Gasteiger partial charge < -0.3 is 9.30 Å². The van der Waals surface area contributed by atoms with E-state index in [4.69, 9.17) is 11.2 Å². The predicted octanol–water partition coefficient (Wildman–Crippen LogP) is 5.57. The van der Waals surface area contributed by atoms with Crippen molar-refractivity contribution in [3.8, 4) is 18.4 Å². The molecule has 1 aromatic carbocycles. The summed E-state index contributed by atoms with van der Waals surface area (Å²) in [6, 6.07) is 4.43. The van der Waals surface area contributed by atoms with Gasteiger partial charge in [-0.3, -0.25) is 0 Å². The van der Waals surface area contributed by atoms with Crippen LogP contribution in [0.5, 0.6) is 0 Å². The molecule has 0 saturated heterocycles. The number of hydrogen-bond donors (Lipinski definition) is 0. The van der Waals surface area contributed by atoms with Gasteiger partial charge in [0.2, 0.25) is 0 Å². The SMILES string of the molecule is C#Cc1ccnc2c1c(/C=C(\C#N)C(=O)OCC)cn2Cc1cc(C(F)(F)F)cc(C(F)(F)F)c1. The van der Waals surface area contributed by atoms with E-state index in [9.17, 15) is 36.4 Å². The minimum absolute atomic E-state index is 0.00780. The maximum Gasteiger partial charge on any atom is 0.416 e. The molecule has 0 aliphatic carbocycles. The molecule has 3 aromatic rings. The highest BCUT2D eigenvalue weighted by Crippen LogP contribution is 2.37. The monoisotopic (exact) mass is 491 g/mol. The first-order valence-electron chi connectivity index (χ1n) is 9.90. The molecule has 35 heavy (non-hydrogen) atoms. The van der Waals surface area contributed by atoms with E-state index in [1.807, 2.05) is 0 Å². The van der Waals surface area contributed by atoms with Gasteiger partial charge in [0.15, 0.2) is 0 Å². The number of rotatable bonds is 5. The van der Waals surface area contributed by atoms with E-state index in [0.29, 0.717) is 17.7 Å². The summed E-state index contributed by atoms with van der Waals surface area (Å²) < 4.78 is 85.7. The Morgan fingerprint density at radius 2 is 1.80 bits per heavy atom. The Bertz CT molecular complexity index is 1370. The van der Waals surface area contributed by atoms with E-state index >= 15 is 0 Å². The molecule has 0 amide bonds. The number of fused-ring (bicyclic) bond motifs is 1. The highest BCUT2D eigenvalue weighted by Gasteiger charge is 2.37. The number of aromatic nitrogens is 2. The highest BCUT2D eigenvalue weighted by molar-refractivity contribution is 6.01. The Morgan fingerprint density at radius 1 is 1.17 bits per heavy atom. The number of carbonyl (C=O) groups excluding carboxylic acids is 1. The standard InChI is InChI=1S/C24H15F6N3O2/c1-3-15-5-6-32-21-20(15)17(9-16(11-31)22(34)35-4-2)13-33(21)12-14-7-18(23(25,26)27)10-19(8-14)24(28,29)30/h1,5-10,13H,4,12H2,2H3/b16-9+. The van der Waals surface area contributed by atoms with E-state index < -0.39 is 36.0 Å². The Hall–Kier alpha value is -4.25. The molecule has 0 spiro atoms. The predicted molar refractivity (Wildman–Crippen MR) is 113 cm³/mol. The largest absolute Gasteiger partial charge is 0.462 e. The van der Waals surface area contributed by atoms with Crippen molar-refractivity contribution >= 4 is 23.1 Å². The van der Waals surface area contributed by atoms with Crippen LogP contribution in [0.4, 0.5) is 26.3 Å². The lowest BCUT2D eigenvalue weighted by Crippen LogP contribution is -2.12. The molecule has 11 heteroatoms. The van der Waals surface area contributed by atoms with Gasteiger partial charge in [0.05, 0.1) is 17.7 Å².